The van der Waals surface area contributed by atoms with Gasteiger partial charge in [-0.1, -0.05) is 12.6 Å². The van der Waals surface area contributed by atoms with Crippen LogP contribution in [0.4, 0.5) is 0 Å². The van der Waals surface area contributed by atoms with Crippen molar-refractivity contribution in [1.29, 1.82) is 5.26 Å². The van der Waals surface area contributed by atoms with Crippen molar-refractivity contribution in [2.24, 2.45) is 5.73 Å². The van der Waals surface area contributed by atoms with E-state index in [1.165, 1.54) is 13.1 Å². The fourth-order valence-electron chi connectivity index (χ4n) is 2.48. The summed E-state index contributed by atoms with van der Waals surface area (Å²) in [6.45, 7) is 6.24. The molecule has 1 atom stereocenters. The highest BCUT2D eigenvalue weighted by atomic mass is 16.6. The van der Waals surface area contributed by atoms with Gasteiger partial charge in [0.2, 0.25) is 5.88 Å². The van der Waals surface area contributed by atoms with Gasteiger partial charge in [-0.15, -0.1) is 0 Å². The molecule has 0 amide bonds. The van der Waals surface area contributed by atoms with Crippen LogP contribution in [0.3, 0.4) is 0 Å². The third-order valence-electron chi connectivity index (χ3n) is 3.74. The molecule has 0 aromatic carbocycles. The van der Waals surface area contributed by atoms with E-state index in [2.05, 4.69) is 17.6 Å². The van der Waals surface area contributed by atoms with E-state index in [4.69, 9.17) is 19.9 Å². The molecule has 1 aromatic rings. The van der Waals surface area contributed by atoms with E-state index in [9.17, 15) is 14.9 Å². The maximum absolute atomic E-state index is 12.6. The van der Waals surface area contributed by atoms with Crippen molar-refractivity contribution in [3.8, 4) is 6.07 Å². The van der Waals surface area contributed by atoms with Crippen molar-refractivity contribution >= 4 is 11.9 Å². The molecule has 0 spiro atoms. The zero-order valence-corrected chi connectivity index (χ0v) is 15.0. The lowest BCUT2D eigenvalue weighted by atomic mass is 9.84. The van der Waals surface area contributed by atoms with Gasteiger partial charge in [0.15, 0.2) is 0 Å². The minimum atomic E-state index is -0.770. The standard InChI is InChI=1S/C19H19N3O5/c1-11(2)18(23)25-7-8-26-19(24)16-15(13-5-4-6-22-10-13)14(9-20)12(3)27-17(16)21/h4-6,10,15H,1,7-8,21H2,2-3H3/t15-/m0/s1. The van der Waals surface area contributed by atoms with E-state index in [1.807, 2.05) is 0 Å². The van der Waals surface area contributed by atoms with Gasteiger partial charge >= 0.3 is 11.9 Å². The molecule has 27 heavy (non-hydrogen) atoms. The van der Waals surface area contributed by atoms with Crippen LogP contribution in [0.1, 0.15) is 25.3 Å². The van der Waals surface area contributed by atoms with Gasteiger partial charge in [0, 0.05) is 18.0 Å². The third-order valence-corrected chi connectivity index (χ3v) is 3.74. The van der Waals surface area contributed by atoms with Gasteiger partial charge in [-0.25, -0.2) is 9.59 Å². The van der Waals surface area contributed by atoms with Crippen LogP contribution in [0.5, 0.6) is 0 Å². The van der Waals surface area contributed by atoms with Crippen LogP contribution in [-0.4, -0.2) is 30.1 Å². The molecule has 0 unspecified atom stereocenters. The Balaban J connectivity index is 2.20. The summed E-state index contributed by atoms with van der Waals surface area (Å²) in [7, 11) is 0. The number of aromatic nitrogens is 1. The van der Waals surface area contributed by atoms with Gasteiger partial charge in [-0.05, 0) is 25.5 Å². The average Bonchev–Trinajstić information content (AvgIpc) is 2.64. The summed E-state index contributed by atoms with van der Waals surface area (Å²) in [6, 6.07) is 5.46. The molecular weight excluding hydrogens is 350 g/mol. The number of rotatable bonds is 6. The molecular formula is C19H19N3O5. The molecule has 0 fully saturated rings. The van der Waals surface area contributed by atoms with Crippen LogP contribution < -0.4 is 5.73 Å². The molecule has 1 aliphatic heterocycles. The Labute approximate surface area is 156 Å². The number of pyridine rings is 1. The predicted molar refractivity (Wildman–Crippen MR) is 94.3 cm³/mol. The van der Waals surface area contributed by atoms with E-state index in [0.717, 1.165) is 0 Å². The summed E-state index contributed by atoms with van der Waals surface area (Å²) in [4.78, 5) is 28.0. The monoisotopic (exact) mass is 369 g/mol. The molecule has 2 rings (SSSR count). The molecule has 0 bridgehead atoms. The van der Waals surface area contributed by atoms with Crippen molar-refractivity contribution in [1.82, 2.24) is 4.98 Å². The van der Waals surface area contributed by atoms with Gasteiger partial charge < -0.3 is 19.9 Å². The Morgan fingerprint density at radius 3 is 2.70 bits per heavy atom. The summed E-state index contributed by atoms with van der Waals surface area (Å²) >= 11 is 0. The number of carbonyl (C=O) groups is 2. The highest BCUT2D eigenvalue weighted by Gasteiger charge is 2.36. The lowest BCUT2D eigenvalue weighted by molar-refractivity contribution is -0.147. The summed E-state index contributed by atoms with van der Waals surface area (Å²) in [6.07, 6.45) is 3.11. The van der Waals surface area contributed by atoms with Crippen molar-refractivity contribution < 1.29 is 23.8 Å². The van der Waals surface area contributed by atoms with Crippen molar-refractivity contribution in [2.75, 3.05) is 13.2 Å². The number of ether oxygens (including phenoxy) is 3. The Kier molecular flexibility index (Phi) is 6.33. The zero-order valence-electron chi connectivity index (χ0n) is 15.0. The first-order valence-corrected chi connectivity index (χ1v) is 8.04. The maximum Gasteiger partial charge on any atom is 0.340 e. The van der Waals surface area contributed by atoms with E-state index < -0.39 is 17.9 Å². The van der Waals surface area contributed by atoms with Gasteiger partial charge in [-0.2, -0.15) is 5.26 Å². The number of nitrogens with two attached hydrogens (primary N) is 1. The van der Waals surface area contributed by atoms with Gasteiger partial charge in [0.05, 0.1) is 17.6 Å². The Morgan fingerprint density at radius 2 is 2.11 bits per heavy atom. The molecule has 8 heteroatoms. The van der Waals surface area contributed by atoms with E-state index >= 15 is 0 Å². The van der Waals surface area contributed by atoms with E-state index in [0.29, 0.717) is 11.3 Å². The molecule has 8 nitrogen and oxygen atoms in total. The second kappa shape index (κ2) is 8.67. The minimum absolute atomic E-state index is 0.00335. The van der Waals surface area contributed by atoms with Crippen LogP contribution >= 0.6 is 0 Å². The number of hydrogen-bond donors (Lipinski definition) is 1. The molecule has 0 aliphatic carbocycles. The number of carbonyl (C=O) groups excluding carboxylic acids is 2. The SMILES string of the molecule is C=C(C)C(=O)OCCOC(=O)C1=C(N)OC(C)=C(C#N)[C@@H]1c1cccnc1. The Hall–Kier alpha value is -3.60. The van der Waals surface area contributed by atoms with E-state index in [-0.39, 0.29) is 35.8 Å². The first-order valence-electron chi connectivity index (χ1n) is 8.04. The van der Waals surface area contributed by atoms with Crippen LogP contribution in [0, 0.1) is 11.3 Å². The molecule has 1 aliphatic rings. The normalized spacial score (nSPS) is 16.3. The second-order valence-electron chi connectivity index (χ2n) is 5.73. The summed E-state index contributed by atoms with van der Waals surface area (Å²) in [5.74, 6) is -1.96. The second-order valence-corrected chi connectivity index (χ2v) is 5.73. The number of nitriles is 1. The highest BCUT2D eigenvalue weighted by Crippen LogP contribution is 2.39. The van der Waals surface area contributed by atoms with Crippen LogP contribution in [0.25, 0.3) is 0 Å². The summed E-state index contributed by atoms with van der Waals surface area (Å²) in [5, 5.41) is 9.52. The smallest absolute Gasteiger partial charge is 0.340 e. The Morgan fingerprint density at radius 1 is 1.41 bits per heavy atom. The van der Waals surface area contributed by atoms with Crippen LogP contribution in [-0.2, 0) is 23.8 Å². The van der Waals surface area contributed by atoms with Crippen molar-refractivity contribution in [3.05, 3.63) is 65.0 Å². The van der Waals surface area contributed by atoms with Crippen LogP contribution in [0.2, 0.25) is 0 Å². The largest absolute Gasteiger partial charge is 0.459 e. The third kappa shape index (κ3) is 4.52. The van der Waals surface area contributed by atoms with Crippen molar-refractivity contribution in [2.45, 2.75) is 19.8 Å². The lowest BCUT2D eigenvalue weighted by Gasteiger charge is -2.26. The van der Waals surface area contributed by atoms with Gasteiger partial charge in [-0.3, -0.25) is 4.98 Å². The predicted octanol–water partition coefficient (Wildman–Crippen LogP) is 1.83. The first kappa shape index (κ1) is 19.7. The molecule has 140 valence electrons. The quantitative estimate of drug-likeness (QED) is 0.457. The van der Waals surface area contributed by atoms with Crippen molar-refractivity contribution in [3.63, 3.8) is 0 Å². The topological polar surface area (TPSA) is 125 Å². The molecule has 0 saturated carbocycles. The van der Waals surface area contributed by atoms with Gasteiger partial charge in [0.1, 0.15) is 24.5 Å². The molecule has 2 N–H and O–H groups in total. The molecule has 0 saturated heterocycles. The number of hydrogen-bond acceptors (Lipinski definition) is 8. The average molecular weight is 369 g/mol. The molecule has 2 heterocycles. The minimum Gasteiger partial charge on any atom is -0.459 e. The number of nitrogens with zero attached hydrogens (tertiary/aromatic N) is 2. The fraction of sp³-hybridized carbons (Fsp3) is 0.263. The fourth-order valence-corrected chi connectivity index (χ4v) is 2.48. The lowest BCUT2D eigenvalue weighted by Crippen LogP contribution is -2.27. The number of esters is 2. The number of allylic oxidation sites excluding steroid dienone is 2. The summed E-state index contributed by atoms with van der Waals surface area (Å²) in [5.41, 5.74) is 6.97. The first-order chi connectivity index (χ1) is 12.9. The Bertz CT molecular complexity index is 865. The summed E-state index contributed by atoms with van der Waals surface area (Å²) < 4.78 is 15.4. The van der Waals surface area contributed by atoms with Crippen LogP contribution in [0.15, 0.2) is 59.5 Å². The molecule has 0 radical (unpaired) electrons. The van der Waals surface area contributed by atoms with E-state index in [1.54, 1.807) is 25.3 Å². The highest BCUT2D eigenvalue weighted by molar-refractivity contribution is 5.92. The van der Waals surface area contributed by atoms with Gasteiger partial charge in [0.25, 0.3) is 0 Å². The maximum atomic E-state index is 12.6. The zero-order chi connectivity index (χ0) is 20.0. The molecule has 1 aromatic heterocycles.